The number of nitrogens with zero attached hydrogens (tertiary/aromatic N) is 7. The summed E-state index contributed by atoms with van der Waals surface area (Å²) in [7, 11) is 1.51. The van der Waals surface area contributed by atoms with Crippen LogP contribution in [0.5, 0.6) is 5.75 Å². The summed E-state index contributed by atoms with van der Waals surface area (Å²) in [5.74, 6) is -0.0751. The third-order valence-corrected chi connectivity index (χ3v) is 14.2. The number of aliphatic hydroxyl groups excluding tert-OH is 1. The molecule has 3 aromatic carbocycles. The number of benzene rings is 3. The van der Waals surface area contributed by atoms with Gasteiger partial charge in [-0.25, -0.2) is 23.9 Å². The lowest BCUT2D eigenvalue weighted by Crippen LogP contribution is -2.49. The molecule has 4 saturated heterocycles. The molecule has 6 amide bonds. The molecule has 0 spiro atoms. The number of methoxy groups -OCH3 is 1. The number of nitrogens with one attached hydrogen (secondary N) is 3. The van der Waals surface area contributed by atoms with Crippen LogP contribution in [0, 0.1) is 24.6 Å². The fourth-order valence-corrected chi connectivity index (χ4v) is 10.2. The highest BCUT2D eigenvalue weighted by molar-refractivity contribution is 6.07. The third-order valence-electron chi connectivity index (χ3n) is 14.2. The smallest absolute Gasteiger partial charge is 0.328 e. The van der Waals surface area contributed by atoms with Gasteiger partial charge in [0.2, 0.25) is 5.91 Å². The predicted octanol–water partition coefficient (Wildman–Crippen LogP) is 6.50. The number of aliphatic hydroxyl groups is 1. The lowest BCUT2D eigenvalue weighted by atomic mass is 9.95. The van der Waals surface area contributed by atoms with Gasteiger partial charge < -0.3 is 34.7 Å². The highest BCUT2D eigenvalue weighted by Gasteiger charge is 2.35. The molecule has 4 aliphatic heterocycles. The summed E-state index contributed by atoms with van der Waals surface area (Å²) in [6.07, 6.45) is 3.45. The minimum Gasteiger partial charge on any atom is -0.495 e. The predicted molar refractivity (Wildman–Crippen MR) is 264 cm³/mol. The van der Waals surface area contributed by atoms with Crippen LogP contribution in [0.1, 0.15) is 61.0 Å². The quantitative estimate of drug-likeness (QED) is 0.0951. The molecule has 17 nitrogen and oxygen atoms in total. The Balaban J connectivity index is 0.730. The van der Waals surface area contributed by atoms with E-state index in [1.165, 1.54) is 36.0 Å². The Labute approximate surface area is 407 Å². The molecule has 4 aliphatic rings. The second-order valence-corrected chi connectivity index (χ2v) is 19.4. The van der Waals surface area contributed by atoms with Crippen molar-refractivity contribution < 1.29 is 38.1 Å². The summed E-state index contributed by atoms with van der Waals surface area (Å²) in [4.78, 5) is 73.4. The van der Waals surface area contributed by atoms with Crippen LogP contribution in [-0.2, 0) is 16.1 Å². The number of fused-ring (bicyclic) bond motifs is 1. The molecule has 2 aromatic heterocycles. The number of aromatic nitrogens is 3. The van der Waals surface area contributed by atoms with Crippen LogP contribution in [-0.4, -0.2) is 155 Å². The van der Waals surface area contributed by atoms with Gasteiger partial charge in [-0.1, -0.05) is 38.1 Å². The number of H-pyrrole nitrogens is 1. The molecule has 2 atom stereocenters. The monoisotopic (exact) mass is 958 g/mol. The van der Waals surface area contributed by atoms with E-state index in [1.807, 2.05) is 17.9 Å². The van der Waals surface area contributed by atoms with Crippen molar-refractivity contribution in [2.45, 2.75) is 65.2 Å². The number of aromatic amines is 1. The molecule has 70 heavy (non-hydrogen) atoms. The number of imide groups is 1. The van der Waals surface area contributed by atoms with Crippen LogP contribution in [0.25, 0.3) is 33.5 Å². The molecule has 2 unspecified atom stereocenters. The van der Waals surface area contributed by atoms with E-state index in [4.69, 9.17) is 9.47 Å². The van der Waals surface area contributed by atoms with Crippen LogP contribution >= 0.6 is 0 Å². The average molecular weight is 959 g/mol. The van der Waals surface area contributed by atoms with E-state index in [0.717, 1.165) is 75.2 Å². The van der Waals surface area contributed by atoms with Crippen molar-refractivity contribution in [3.8, 4) is 28.3 Å². The van der Waals surface area contributed by atoms with Crippen LogP contribution in [0.3, 0.4) is 0 Å². The molecule has 5 aromatic rings. The first-order valence-electron chi connectivity index (χ1n) is 24.4. The average Bonchev–Trinajstić information content (AvgIpc) is 3.96. The first kappa shape index (κ1) is 48.5. The van der Waals surface area contributed by atoms with Crippen molar-refractivity contribution in [2.75, 3.05) is 89.4 Å². The highest BCUT2D eigenvalue weighted by atomic mass is 19.1. The fraction of sp³-hybridized carbons (Fsp3) is 0.462. The van der Waals surface area contributed by atoms with Gasteiger partial charge in [-0.2, -0.15) is 0 Å². The van der Waals surface area contributed by atoms with Gasteiger partial charge in [0.15, 0.2) is 0 Å². The van der Waals surface area contributed by atoms with Crippen molar-refractivity contribution in [3.63, 3.8) is 0 Å². The zero-order chi connectivity index (χ0) is 49.1. The van der Waals surface area contributed by atoms with Crippen LogP contribution in [0.2, 0.25) is 0 Å². The van der Waals surface area contributed by atoms with Gasteiger partial charge in [-0.3, -0.25) is 29.6 Å². The number of likely N-dealkylation sites (tertiary alicyclic amines) is 2. The van der Waals surface area contributed by atoms with Crippen molar-refractivity contribution in [1.29, 1.82) is 0 Å². The number of carbonyl (C=O) groups is 4. The normalized spacial score (nSPS) is 19.6. The minimum absolute atomic E-state index is 0.00904. The number of β-amino-alcohol motifs (C(OH)–C–C–N with tert-alkyl or cyclic N) is 1. The Morgan fingerprint density at radius 2 is 1.67 bits per heavy atom. The largest absolute Gasteiger partial charge is 0.495 e. The second-order valence-electron chi connectivity index (χ2n) is 19.4. The van der Waals surface area contributed by atoms with Gasteiger partial charge in [-0.15, -0.1) is 0 Å². The lowest BCUT2D eigenvalue weighted by molar-refractivity contribution is -0.120. The highest BCUT2D eigenvalue weighted by Crippen LogP contribution is 2.36. The number of amides is 6. The summed E-state index contributed by atoms with van der Waals surface area (Å²) in [6.45, 7) is 14.2. The maximum atomic E-state index is 15.2. The molecule has 4 N–H and O–H groups in total. The van der Waals surface area contributed by atoms with Crippen LogP contribution < -0.4 is 20.3 Å². The van der Waals surface area contributed by atoms with Gasteiger partial charge in [0.05, 0.1) is 37.3 Å². The maximum Gasteiger partial charge on any atom is 0.328 e. The molecule has 0 saturated carbocycles. The number of rotatable bonds is 14. The number of hydrogen-bond acceptors (Lipinski definition) is 11. The van der Waals surface area contributed by atoms with Crippen molar-refractivity contribution in [3.05, 3.63) is 89.5 Å². The summed E-state index contributed by atoms with van der Waals surface area (Å²) in [5.41, 5.74) is 6.73. The topological polar surface area (TPSA) is 189 Å². The summed E-state index contributed by atoms with van der Waals surface area (Å²) >= 11 is 0. The molecule has 18 heteroatoms. The van der Waals surface area contributed by atoms with Gasteiger partial charge in [0, 0.05) is 112 Å². The van der Waals surface area contributed by atoms with E-state index in [-0.39, 0.29) is 49.4 Å². The SMILES string of the molecule is COc1ccc(C(=O)N2CCC(OCCN3CCN(Cc4ccc(-c5cc6c(-c7cc(F)cc(NC(=O)N8CC(O)C(CC(C)C)C8)c7C)ncnc6[nH]5)cc4)CC3)CC2)cc1N1CCC(=O)NC1=O. The Morgan fingerprint density at radius 1 is 0.914 bits per heavy atom. The third kappa shape index (κ3) is 10.9. The number of ether oxygens (including phenoxy) is 2. The van der Waals surface area contributed by atoms with Crippen molar-refractivity contribution >= 4 is 46.3 Å². The molecule has 4 fully saturated rings. The number of carbonyl (C=O) groups excluding carboxylic acids is 4. The maximum absolute atomic E-state index is 15.2. The van der Waals surface area contributed by atoms with Gasteiger partial charge in [0.25, 0.3) is 5.91 Å². The van der Waals surface area contributed by atoms with Crippen molar-refractivity contribution in [2.24, 2.45) is 11.8 Å². The Hall–Kier alpha value is -6.47. The van der Waals surface area contributed by atoms with E-state index in [9.17, 15) is 24.3 Å². The number of anilines is 2. The zero-order valence-electron chi connectivity index (χ0n) is 40.4. The van der Waals surface area contributed by atoms with Gasteiger partial charge >= 0.3 is 12.1 Å². The molecular formula is C52H63FN10O7. The summed E-state index contributed by atoms with van der Waals surface area (Å²) < 4.78 is 27.0. The van der Waals surface area contributed by atoms with Gasteiger partial charge in [0.1, 0.15) is 23.5 Å². The first-order valence-corrected chi connectivity index (χ1v) is 24.4. The Morgan fingerprint density at radius 3 is 2.40 bits per heavy atom. The molecule has 370 valence electrons. The lowest BCUT2D eigenvalue weighted by Gasteiger charge is -2.35. The minimum atomic E-state index is -0.586. The standard InChI is InChI=1S/C52H63FN10O7/c1-32(2)23-37-29-62(30-45(37)64)51(67)57-42-26-38(53)25-40(33(42)3)48-41-27-43(56-49(41)55-31-54-48)35-7-5-34(6-8-35)28-60-19-17-59(18-20-60)21-22-70-39-11-14-61(15-12-39)50(66)36-9-10-46(69-4)44(24-36)63-16-13-47(65)58-52(63)68/h5-10,24-27,31-32,37,39,45,64H,11-23,28-30H2,1-4H3,(H,57,67)(H,54,55,56)(H,58,65,68). The first-order chi connectivity index (χ1) is 33.8. The number of halogens is 1. The van der Waals surface area contributed by atoms with E-state index >= 15 is 4.39 Å². The van der Waals surface area contributed by atoms with Crippen molar-refractivity contribution in [1.82, 2.24) is 39.9 Å². The zero-order valence-corrected chi connectivity index (χ0v) is 40.4. The molecule has 9 rings (SSSR count). The Bertz CT molecular complexity index is 2720. The summed E-state index contributed by atoms with van der Waals surface area (Å²) in [6, 6.07) is 17.4. The van der Waals surface area contributed by atoms with Crippen LogP contribution in [0.4, 0.5) is 25.4 Å². The number of piperazine rings is 1. The molecule has 6 heterocycles. The van der Waals surface area contributed by atoms with Gasteiger partial charge in [-0.05, 0) is 85.2 Å². The number of piperidine rings is 1. The molecule has 0 bridgehead atoms. The summed E-state index contributed by atoms with van der Waals surface area (Å²) in [5, 5.41) is 16.6. The van der Waals surface area contributed by atoms with Crippen LogP contribution in [0.15, 0.2) is 67.0 Å². The molecular weight excluding hydrogens is 896 g/mol. The fourth-order valence-electron chi connectivity index (χ4n) is 10.2. The van der Waals surface area contributed by atoms with E-state index in [1.54, 1.807) is 23.1 Å². The van der Waals surface area contributed by atoms with E-state index < -0.39 is 18.0 Å². The van der Waals surface area contributed by atoms with E-state index in [2.05, 4.69) is 73.5 Å². The second kappa shape index (κ2) is 21.3. The molecule has 0 aliphatic carbocycles. The molecule has 0 radical (unpaired) electrons. The Kier molecular flexibility index (Phi) is 14.7. The number of hydrogen-bond donors (Lipinski definition) is 4. The van der Waals surface area contributed by atoms with E-state index in [0.29, 0.717) is 77.3 Å². The number of urea groups is 2.